The summed E-state index contributed by atoms with van der Waals surface area (Å²) in [6.45, 7) is 12.8. The number of aromatic nitrogens is 2. The highest BCUT2D eigenvalue weighted by Crippen LogP contribution is 2.15. The number of allylic oxidation sites excluding steroid dienone is 7. The number of nitrogens with one attached hydrogen (secondary N) is 2. The number of rotatable bonds is 16. The van der Waals surface area contributed by atoms with Crippen LogP contribution in [0.1, 0.15) is 79.0 Å². The van der Waals surface area contributed by atoms with Crippen molar-refractivity contribution >= 4 is 23.5 Å². The number of carboxylic acids is 1. The van der Waals surface area contributed by atoms with Gasteiger partial charge in [-0.3, -0.25) is 0 Å². The van der Waals surface area contributed by atoms with E-state index in [0.29, 0.717) is 11.6 Å². The minimum atomic E-state index is -0.853. The SMILES string of the molecule is CC(C)=CCC/C(C)=C/CC/C(C)=C/CC/C(C)=C/CSCC(Nc1cnc(C)[nH]1)C(=O)O. The highest BCUT2D eigenvalue weighted by atomic mass is 32.2. The number of nitrogens with zero attached hydrogens (tertiary/aromatic N) is 1. The molecule has 3 N–H and O–H groups in total. The Kier molecular flexibility index (Phi) is 14.3. The van der Waals surface area contributed by atoms with Crippen LogP contribution in [-0.4, -0.2) is 38.6 Å². The van der Waals surface area contributed by atoms with Crippen LogP contribution in [0.4, 0.5) is 5.82 Å². The standard InChI is InChI=1S/C27H43N3O2S/c1-20(2)10-7-11-21(3)12-8-13-22(4)14-9-15-23(5)16-17-33-19-25(27(31)32)30-26-18-28-24(6)29-26/h10,12,14,16,18,25,30H,7-9,11,13,15,17,19H2,1-6H3,(H,28,29)(H,31,32)/b21-12+,22-14+,23-16+. The third-order valence-corrected chi connectivity index (χ3v) is 6.29. The van der Waals surface area contributed by atoms with Gasteiger partial charge in [-0.05, 0) is 80.1 Å². The van der Waals surface area contributed by atoms with Crippen molar-refractivity contribution in [1.82, 2.24) is 9.97 Å². The molecule has 0 bridgehead atoms. The third kappa shape index (κ3) is 14.5. The van der Waals surface area contributed by atoms with Crippen molar-refractivity contribution < 1.29 is 9.90 Å². The average molecular weight is 474 g/mol. The predicted octanol–water partition coefficient (Wildman–Crippen LogP) is 7.46. The second-order valence-corrected chi connectivity index (χ2v) is 10.1. The van der Waals surface area contributed by atoms with Crippen LogP contribution < -0.4 is 5.32 Å². The lowest BCUT2D eigenvalue weighted by atomic mass is 10.0. The Hall–Kier alpha value is -2.21. The van der Waals surface area contributed by atoms with Gasteiger partial charge in [-0.1, -0.05) is 46.6 Å². The molecule has 0 aliphatic carbocycles. The summed E-state index contributed by atoms with van der Waals surface area (Å²) >= 11 is 1.63. The van der Waals surface area contributed by atoms with Crippen LogP contribution in [0.5, 0.6) is 0 Å². The monoisotopic (exact) mass is 473 g/mol. The second kappa shape index (κ2) is 16.4. The largest absolute Gasteiger partial charge is 0.480 e. The van der Waals surface area contributed by atoms with E-state index in [4.69, 9.17) is 0 Å². The van der Waals surface area contributed by atoms with Crippen LogP contribution in [0.15, 0.2) is 52.8 Å². The first-order valence-electron chi connectivity index (χ1n) is 11.9. The fraction of sp³-hybridized carbons (Fsp3) is 0.556. The summed E-state index contributed by atoms with van der Waals surface area (Å²) in [7, 11) is 0. The molecule has 1 aromatic rings. The molecule has 1 heterocycles. The summed E-state index contributed by atoms with van der Waals surface area (Å²) in [6, 6.07) is -0.640. The zero-order valence-corrected chi connectivity index (χ0v) is 22.1. The van der Waals surface area contributed by atoms with Gasteiger partial charge in [0.1, 0.15) is 17.7 Å². The molecule has 0 aromatic carbocycles. The van der Waals surface area contributed by atoms with Crippen molar-refractivity contribution in [2.45, 2.75) is 86.1 Å². The molecule has 0 radical (unpaired) electrons. The third-order valence-electron chi connectivity index (χ3n) is 5.32. The van der Waals surface area contributed by atoms with E-state index < -0.39 is 12.0 Å². The number of aryl methyl sites for hydroxylation is 1. The van der Waals surface area contributed by atoms with Gasteiger partial charge in [0.25, 0.3) is 0 Å². The molecule has 5 nitrogen and oxygen atoms in total. The maximum atomic E-state index is 11.5. The summed E-state index contributed by atoms with van der Waals surface area (Å²) in [5.41, 5.74) is 5.68. The summed E-state index contributed by atoms with van der Waals surface area (Å²) in [4.78, 5) is 18.6. The highest BCUT2D eigenvalue weighted by Gasteiger charge is 2.17. The maximum absolute atomic E-state index is 11.5. The molecule has 1 unspecified atom stereocenters. The van der Waals surface area contributed by atoms with Gasteiger partial charge in [0, 0.05) is 11.5 Å². The zero-order chi connectivity index (χ0) is 24.6. The quantitative estimate of drug-likeness (QED) is 0.171. The number of thioether (sulfide) groups is 1. The van der Waals surface area contributed by atoms with Gasteiger partial charge in [-0.2, -0.15) is 11.8 Å². The van der Waals surface area contributed by atoms with E-state index in [1.165, 1.54) is 22.3 Å². The van der Waals surface area contributed by atoms with Crippen molar-refractivity contribution in [1.29, 1.82) is 0 Å². The number of carboxylic acid groups (broad SMARTS) is 1. The first-order chi connectivity index (χ1) is 15.7. The Morgan fingerprint density at radius 3 is 2.03 bits per heavy atom. The van der Waals surface area contributed by atoms with Crippen LogP contribution >= 0.6 is 11.8 Å². The minimum absolute atomic E-state index is 0.497. The lowest BCUT2D eigenvalue weighted by Gasteiger charge is -2.13. The van der Waals surface area contributed by atoms with E-state index in [0.717, 1.165) is 50.1 Å². The summed E-state index contributed by atoms with van der Waals surface area (Å²) in [5.74, 6) is 1.87. The Balaban J connectivity index is 2.27. The summed E-state index contributed by atoms with van der Waals surface area (Å²) < 4.78 is 0. The average Bonchev–Trinajstić information content (AvgIpc) is 3.14. The molecule has 1 atom stereocenters. The van der Waals surface area contributed by atoms with Gasteiger partial charge in [0.2, 0.25) is 0 Å². The van der Waals surface area contributed by atoms with Gasteiger partial charge < -0.3 is 15.4 Å². The fourth-order valence-electron chi connectivity index (χ4n) is 3.23. The Labute approximate surface area is 204 Å². The van der Waals surface area contributed by atoms with Crippen molar-refractivity contribution in [3.05, 3.63) is 58.6 Å². The number of carbonyl (C=O) groups is 1. The van der Waals surface area contributed by atoms with Crippen molar-refractivity contribution in [3.8, 4) is 0 Å². The van der Waals surface area contributed by atoms with Crippen LogP contribution in [0.2, 0.25) is 0 Å². The molecule has 33 heavy (non-hydrogen) atoms. The molecule has 0 fully saturated rings. The minimum Gasteiger partial charge on any atom is -0.480 e. The first-order valence-corrected chi connectivity index (χ1v) is 13.0. The topological polar surface area (TPSA) is 78.0 Å². The predicted molar refractivity (Wildman–Crippen MR) is 144 cm³/mol. The molecule has 1 aromatic heterocycles. The van der Waals surface area contributed by atoms with E-state index in [1.807, 2.05) is 6.92 Å². The van der Waals surface area contributed by atoms with Crippen molar-refractivity contribution in [2.75, 3.05) is 16.8 Å². The smallest absolute Gasteiger partial charge is 0.327 e. The summed E-state index contributed by atoms with van der Waals surface area (Å²) in [6.07, 6.45) is 17.5. The van der Waals surface area contributed by atoms with Gasteiger partial charge >= 0.3 is 5.97 Å². The molecule has 0 spiro atoms. The molecule has 0 saturated carbocycles. The zero-order valence-electron chi connectivity index (χ0n) is 21.3. The second-order valence-electron chi connectivity index (χ2n) is 9.00. The molecule has 0 saturated heterocycles. The van der Waals surface area contributed by atoms with Crippen LogP contribution in [-0.2, 0) is 4.79 Å². The fourth-order valence-corrected chi connectivity index (χ4v) is 4.23. The van der Waals surface area contributed by atoms with Crippen molar-refractivity contribution in [3.63, 3.8) is 0 Å². The number of imidazole rings is 1. The van der Waals surface area contributed by atoms with E-state index >= 15 is 0 Å². The van der Waals surface area contributed by atoms with Crippen molar-refractivity contribution in [2.24, 2.45) is 0 Å². The van der Waals surface area contributed by atoms with E-state index in [-0.39, 0.29) is 0 Å². The van der Waals surface area contributed by atoms with Gasteiger partial charge in [-0.25, -0.2) is 9.78 Å². The van der Waals surface area contributed by atoms with E-state index in [9.17, 15) is 9.90 Å². The van der Waals surface area contributed by atoms with Gasteiger partial charge in [0.15, 0.2) is 0 Å². The van der Waals surface area contributed by atoms with E-state index in [1.54, 1.807) is 18.0 Å². The Morgan fingerprint density at radius 1 is 1.00 bits per heavy atom. The van der Waals surface area contributed by atoms with Crippen LogP contribution in [0.3, 0.4) is 0 Å². The Bertz CT molecular complexity index is 845. The number of anilines is 1. The lowest BCUT2D eigenvalue weighted by Crippen LogP contribution is -2.31. The maximum Gasteiger partial charge on any atom is 0.327 e. The molecule has 1 rings (SSSR count). The normalized spacial score (nSPS) is 13.7. The lowest BCUT2D eigenvalue weighted by molar-refractivity contribution is -0.137. The number of hydrogen-bond acceptors (Lipinski definition) is 4. The summed E-state index contributed by atoms with van der Waals surface area (Å²) in [5, 5.41) is 12.4. The van der Waals surface area contributed by atoms with Gasteiger partial charge in [-0.15, -0.1) is 0 Å². The highest BCUT2D eigenvalue weighted by molar-refractivity contribution is 7.99. The molecular formula is C27H43N3O2S. The molecule has 0 amide bonds. The molecular weight excluding hydrogens is 430 g/mol. The number of hydrogen-bond donors (Lipinski definition) is 3. The van der Waals surface area contributed by atoms with Crippen LogP contribution in [0, 0.1) is 6.92 Å². The van der Waals surface area contributed by atoms with Gasteiger partial charge in [0.05, 0.1) is 6.20 Å². The molecule has 0 aliphatic rings. The number of H-pyrrole nitrogens is 1. The number of aliphatic carboxylic acids is 1. The molecule has 184 valence electrons. The number of aromatic amines is 1. The molecule has 6 heteroatoms. The van der Waals surface area contributed by atoms with E-state index in [2.05, 4.69) is 74.2 Å². The first kappa shape index (κ1) is 28.8. The van der Waals surface area contributed by atoms with Crippen LogP contribution in [0.25, 0.3) is 0 Å². The molecule has 0 aliphatic heterocycles. The Morgan fingerprint density at radius 2 is 1.55 bits per heavy atom.